The minimum absolute atomic E-state index is 0.0476. The van der Waals surface area contributed by atoms with Crippen molar-refractivity contribution in [2.45, 2.75) is 26.7 Å². The monoisotopic (exact) mass is 347 g/mol. The Labute approximate surface area is 153 Å². The normalized spacial score (nSPS) is 11.0. The van der Waals surface area contributed by atoms with Gasteiger partial charge in [0.05, 0.1) is 0 Å². The maximum absolute atomic E-state index is 12.2. The number of rotatable bonds is 6. The van der Waals surface area contributed by atoms with Crippen molar-refractivity contribution in [2.24, 2.45) is 0 Å². The van der Waals surface area contributed by atoms with Gasteiger partial charge in [-0.3, -0.25) is 9.59 Å². The molecule has 0 aliphatic carbocycles. The van der Waals surface area contributed by atoms with Gasteiger partial charge in [0, 0.05) is 23.1 Å². The van der Waals surface area contributed by atoms with Gasteiger partial charge in [0.1, 0.15) is 11.6 Å². The van der Waals surface area contributed by atoms with E-state index in [2.05, 4.69) is 24.5 Å². The molecule has 0 fully saturated rings. The third-order valence-electron chi connectivity index (χ3n) is 3.87. The van der Waals surface area contributed by atoms with Crippen LogP contribution < -0.4 is 10.6 Å². The van der Waals surface area contributed by atoms with Crippen LogP contribution in [0, 0.1) is 11.3 Å². The summed E-state index contributed by atoms with van der Waals surface area (Å²) in [6.07, 6.45) is 1.38. The third-order valence-corrected chi connectivity index (χ3v) is 3.87. The molecule has 2 N–H and O–H groups in total. The number of benzene rings is 2. The molecule has 0 aliphatic rings. The van der Waals surface area contributed by atoms with Crippen molar-refractivity contribution in [1.29, 1.82) is 5.26 Å². The number of hydrogen-bond acceptors (Lipinski definition) is 4. The Morgan fingerprint density at radius 1 is 1.00 bits per heavy atom. The third kappa shape index (κ3) is 5.05. The van der Waals surface area contributed by atoms with Gasteiger partial charge in [-0.2, -0.15) is 5.26 Å². The lowest BCUT2D eigenvalue weighted by Gasteiger charge is -2.08. The van der Waals surface area contributed by atoms with Crippen LogP contribution in [-0.4, -0.2) is 11.7 Å². The van der Waals surface area contributed by atoms with Crippen LogP contribution in [0.25, 0.3) is 0 Å². The maximum Gasteiger partial charge on any atom is 0.267 e. The molecule has 0 saturated carbocycles. The molecular formula is C21H21N3O2. The molecule has 5 heteroatoms. The minimum atomic E-state index is -0.519. The van der Waals surface area contributed by atoms with Gasteiger partial charge >= 0.3 is 0 Å². The standard InChI is InChI=1S/C21H21N3O2/c1-14(2)16-4-8-19(9-5-16)23-13-18(12-22)21(26)24-20-10-6-17(7-11-20)15(3)25/h4-11,13-14,23H,1-3H3,(H,24,26)/b18-13-. The first-order chi connectivity index (χ1) is 12.4. The van der Waals surface area contributed by atoms with Gasteiger partial charge in [-0.15, -0.1) is 0 Å². The zero-order valence-electron chi connectivity index (χ0n) is 15.0. The molecular weight excluding hydrogens is 326 g/mol. The fourth-order valence-corrected chi connectivity index (χ4v) is 2.26. The number of carbonyl (C=O) groups excluding carboxylic acids is 2. The lowest BCUT2D eigenvalue weighted by molar-refractivity contribution is -0.112. The predicted octanol–water partition coefficient (Wildman–Crippen LogP) is 4.47. The van der Waals surface area contributed by atoms with Gasteiger partial charge < -0.3 is 10.6 Å². The lowest BCUT2D eigenvalue weighted by Crippen LogP contribution is -2.14. The van der Waals surface area contributed by atoms with Crippen molar-refractivity contribution < 1.29 is 9.59 Å². The molecule has 0 aliphatic heterocycles. The number of ketones is 1. The quantitative estimate of drug-likeness (QED) is 0.459. The average Bonchev–Trinajstić information content (AvgIpc) is 2.63. The molecule has 5 nitrogen and oxygen atoms in total. The van der Waals surface area contributed by atoms with Gasteiger partial charge in [0.25, 0.3) is 5.91 Å². The van der Waals surface area contributed by atoms with Crippen molar-refractivity contribution in [2.75, 3.05) is 10.6 Å². The molecule has 0 aromatic heterocycles. The molecule has 0 radical (unpaired) electrons. The van der Waals surface area contributed by atoms with E-state index in [0.717, 1.165) is 5.69 Å². The molecule has 26 heavy (non-hydrogen) atoms. The summed E-state index contributed by atoms with van der Waals surface area (Å²) < 4.78 is 0. The molecule has 0 saturated heterocycles. The SMILES string of the molecule is CC(=O)c1ccc(NC(=O)/C(C#N)=C\Nc2ccc(C(C)C)cc2)cc1. The van der Waals surface area contributed by atoms with E-state index in [9.17, 15) is 14.9 Å². The van der Waals surface area contributed by atoms with E-state index in [1.54, 1.807) is 24.3 Å². The van der Waals surface area contributed by atoms with Crippen molar-refractivity contribution in [1.82, 2.24) is 0 Å². The van der Waals surface area contributed by atoms with Gasteiger partial charge in [0.2, 0.25) is 0 Å². The maximum atomic E-state index is 12.2. The van der Waals surface area contributed by atoms with Crippen molar-refractivity contribution in [3.05, 3.63) is 71.4 Å². The Kier molecular flexibility index (Phi) is 6.29. The van der Waals surface area contributed by atoms with Gasteiger partial charge in [0.15, 0.2) is 5.78 Å². The van der Waals surface area contributed by atoms with Gasteiger partial charge in [-0.25, -0.2) is 0 Å². The highest BCUT2D eigenvalue weighted by atomic mass is 16.1. The summed E-state index contributed by atoms with van der Waals surface area (Å²) in [6, 6.07) is 16.2. The lowest BCUT2D eigenvalue weighted by atomic mass is 10.0. The van der Waals surface area contributed by atoms with E-state index in [-0.39, 0.29) is 11.4 Å². The highest BCUT2D eigenvalue weighted by molar-refractivity contribution is 6.07. The topological polar surface area (TPSA) is 82.0 Å². The van der Waals surface area contributed by atoms with Crippen LogP contribution in [0.2, 0.25) is 0 Å². The van der Waals surface area contributed by atoms with Crippen LogP contribution in [0.15, 0.2) is 60.3 Å². The Bertz CT molecular complexity index is 858. The number of Topliss-reactive ketones (excluding diaryl/α,β-unsaturated/α-hetero) is 1. The number of hydrogen-bond donors (Lipinski definition) is 2. The minimum Gasteiger partial charge on any atom is -0.360 e. The number of nitriles is 1. The first-order valence-corrected chi connectivity index (χ1v) is 8.30. The van der Waals surface area contributed by atoms with E-state index in [1.165, 1.54) is 18.7 Å². The Hall–Kier alpha value is -3.39. The highest BCUT2D eigenvalue weighted by Crippen LogP contribution is 2.17. The second kappa shape index (κ2) is 8.63. The summed E-state index contributed by atoms with van der Waals surface area (Å²) in [5.74, 6) is -0.128. The number of amides is 1. The molecule has 2 aromatic rings. The number of anilines is 2. The summed E-state index contributed by atoms with van der Waals surface area (Å²) in [7, 11) is 0. The fraction of sp³-hybridized carbons (Fsp3) is 0.190. The van der Waals surface area contributed by atoms with Crippen LogP contribution in [0.4, 0.5) is 11.4 Å². The van der Waals surface area contributed by atoms with Crippen molar-refractivity contribution in [3.8, 4) is 6.07 Å². The molecule has 0 bridgehead atoms. The van der Waals surface area contributed by atoms with E-state index >= 15 is 0 Å². The summed E-state index contributed by atoms with van der Waals surface area (Å²) in [5, 5.41) is 14.8. The predicted molar refractivity (Wildman–Crippen MR) is 103 cm³/mol. The van der Waals surface area contributed by atoms with Gasteiger partial charge in [-0.05, 0) is 54.8 Å². The summed E-state index contributed by atoms with van der Waals surface area (Å²) in [4.78, 5) is 23.5. The Balaban J connectivity index is 2.04. The van der Waals surface area contributed by atoms with Crippen LogP contribution in [0.5, 0.6) is 0 Å². The van der Waals surface area contributed by atoms with Crippen LogP contribution in [0.3, 0.4) is 0 Å². The van der Waals surface area contributed by atoms with E-state index in [1.807, 2.05) is 30.3 Å². The summed E-state index contributed by atoms with van der Waals surface area (Å²) in [5.41, 5.74) is 3.04. The average molecular weight is 347 g/mol. The molecule has 132 valence electrons. The number of nitrogens with zero attached hydrogens (tertiary/aromatic N) is 1. The van der Waals surface area contributed by atoms with Crippen molar-refractivity contribution >= 4 is 23.1 Å². The van der Waals surface area contributed by atoms with E-state index in [0.29, 0.717) is 17.2 Å². The molecule has 0 heterocycles. The second-order valence-electron chi connectivity index (χ2n) is 6.18. The largest absolute Gasteiger partial charge is 0.360 e. The molecule has 2 aromatic carbocycles. The smallest absolute Gasteiger partial charge is 0.267 e. The van der Waals surface area contributed by atoms with E-state index in [4.69, 9.17) is 0 Å². The first-order valence-electron chi connectivity index (χ1n) is 8.30. The molecule has 1 amide bonds. The zero-order valence-corrected chi connectivity index (χ0v) is 15.0. The fourth-order valence-electron chi connectivity index (χ4n) is 2.26. The number of carbonyl (C=O) groups is 2. The van der Waals surface area contributed by atoms with Crippen molar-refractivity contribution in [3.63, 3.8) is 0 Å². The highest BCUT2D eigenvalue weighted by Gasteiger charge is 2.10. The summed E-state index contributed by atoms with van der Waals surface area (Å²) >= 11 is 0. The molecule has 2 rings (SSSR count). The van der Waals surface area contributed by atoms with E-state index < -0.39 is 5.91 Å². The van der Waals surface area contributed by atoms with Crippen LogP contribution >= 0.6 is 0 Å². The summed E-state index contributed by atoms with van der Waals surface area (Å²) in [6.45, 7) is 5.70. The zero-order chi connectivity index (χ0) is 19.1. The molecule has 0 spiro atoms. The molecule has 0 atom stereocenters. The first kappa shape index (κ1) is 18.9. The Morgan fingerprint density at radius 3 is 2.08 bits per heavy atom. The van der Waals surface area contributed by atoms with Crippen LogP contribution in [-0.2, 0) is 4.79 Å². The second-order valence-corrected chi connectivity index (χ2v) is 6.18. The number of nitrogens with one attached hydrogen (secondary N) is 2. The van der Waals surface area contributed by atoms with Crippen LogP contribution in [0.1, 0.15) is 42.6 Å². The Morgan fingerprint density at radius 2 is 1.58 bits per heavy atom. The van der Waals surface area contributed by atoms with Gasteiger partial charge in [-0.1, -0.05) is 26.0 Å². The molecule has 0 unspecified atom stereocenters.